The maximum Gasteiger partial charge on any atom is 0.360 e. The van der Waals surface area contributed by atoms with E-state index in [2.05, 4.69) is 9.72 Å². The van der Waals surface area contributed by atoms with Crippen molar-refractivity contribution in [2.75, 3.05) is 12.8 Å². The Kier molecular flexibility index (Phi) is 3.01. The van der Waals surface area contributed by atoms with E-state index in [9.17, 15) is 9.18 Å². The lowest BCUT2D eigenvalue weighted by molar-refractivity contribution is 0.0596. The zero-order chi connectivity index (χ0) is 13.3. The predicted octanol–water partition coefficient (Wildman–Crippen LogP) is 1.69. The fourth-order valence-electron chi connectivity index (χ4n) is 1.73. The molecule has 2 aromatic rings. The smallest absolute Gasteiger partial charge is 0.360 e. The SMILES string of the molecule is COC(=O)c1nc(C)n(-c2ccccc2F)c1N. The van der Waals surface area contributed by atoms with Crippen molar-refractivity contribution >= 4 is 11.8 Å². The number of nitrogens with zero attached hydrogens (tertiary/aromatic N) is 2. The predicted molar refractivity (Wildman–Crippen MR) is 64.0 cm³/mol. The van der Waals surface area contributed by atoms with Crippen molar-refractivity contribution in [1.82, 2.24) is 9.55 Å². The van der Waals surface area contributed by atoms with Gasteiger partial charge in [0.2, 0.25) is 0 Å². The maximum absolute atomic E-state index is 13.7. The standard InChI is InChI=1S/C12H12FN3O2/c1-7-15-10(12(17)18-2)11(14)16(7)9-6-4-3-5-8(9)13/h3-6H,14H2,1-2H3. The van der Waals surface area contributed by atoms with Gasteiger partial charge in [0.1, 0.15) is 17.5 Å². The van der Waals surface area contributed by atoms with Gasteiger partial charge in [-0.2, -0.15) is 0 Å². The van der Waals surface area contributed by atoms with Gasteiger partial charge >= 0.3 is 5.97 Å². The highest BCUT2D eigenvalue weighted by atomic mass is 19.1. The first-order valence-corrected chi connectivity index (χ1v) is 5.24. The third kappa shape index (κ3) is 1.81. The average molecular weight is 249 g/mol. The number of nitrogens with two attached hydrogens (primary N) is 1. The highest BCUT2D eigenvalue weighted by Gasteiger charge is 2.21. The number of halogens is 1. The number of esters is 1. The number of imidazole rings is 1. The molecule has 0 spiro atoms. The van der Waals surface area contributed by atoms with E-state index in [1.54, 1.807) is 25.1 Å². The van der Waals surface area contributed by atoms with E-state index >= 15 is 0 Å². The summed E-state index contributed by atoms with van der Waals surface area (Å²) in [7, 11) is 1.24. The van der Waals surface area contributed by atoms with E-state index in [1.165, 1.54) is 17.7 Å². The summed E-state index contributed by atoms with van der Waals surface area (Å²) < 4.78 is 19.6. The van der Waals surface area contributed by atoms with Crippen LogP contribution in [0.4, 0.5) is 10.2 Å². The van der Waals surface area contributed by atoms with Gasteiger partial charge < -0.3 is 10.5 Å². The number of aromatic nitrogens is 2. The number of anilines is 1. The molecule has 0 radical (unpaired) electrons. The Hall–Kier alpha value is -2.37. The molecule has 1 aromatic heterocycles. The van der Waals surface area contributed by atoms with Crippen molar-refractivity contribution in [2.45, 2.75) is 6.92 Å². The summed E-state index contributed by atoms with van der Waals surface area (Å²) in [5, 5.41) is 0. The van der Waals surface area contributed by atoms with Crippen LogP contribution in [0.2, 0.25) is 0 Å². The zero-order valence-corrected chi connectivity index (χ0v) is 9.98. The molecule has 0 bridgehead atoms. The molecule has 0 fully saturated rings. The number of nitrogen functional groups attached to an aromatic ring is 1. The number of carbonyl (C=O) groups is 1. The third-order valence-electron chi connectivity index (χ3n) is 2.55. The fraction of sp³-hybridized carbons (Fsp3) is 0.167. The van der Waals surface area contributed by atoms with Crippen molar-refractivity contribution in [1.29, 1.82) is 0 Å². The molecule has 0 aliphatic carbocycles. The molecule has 2 rings (SSSR count). The summed E-state index contributed by atoms with van der Waals surface area (Å²) in [6, 6.07) is 6.12. The second kappa shape index (κ2) is 4.48. The maximum atomic E-state index is 13.7. The van der Waals surface area contributed by atoms with Crippen LogP contribution in [-0.4, -0.2) is 22.6 Å². The number of benzene rings is 1. The van der Waals surface area contributed by atoms with Crippen LogP contribution >= 0.6 is 0 Å². The van der Waals surface area contributed by atoms with Gasteiger partial charge in [0.05, 0.1) is 12.8 Å². The molecule has 0 atom stereocenters. The molecule has 0 unspecified atom stereocenters. The van der Waals surface area contributed by atoms with E-state index in [4.69, 9.17) is 5.73 Å². The first kappa shape index (κ1) is 12.1. The molecule has 1 heterocycles. The minimum absolute atomic E-state index is 0.0155. The van der Waals surface area contributed by atoms with Crippen LogP contribution in [0.1, 0.15) is 16.3 Å². The second-order valence-corrected chi connectivity index (χ2v) is 3.67. The van der Waals surface area contributed by atoms with E-state index < -0.39 is 11.8 Å². The van der Waals surface area contributed by atoms with Crippen molar-refractivity contribution in [3.05, 3.63) is 41.6 Å². The molecule has 0 aliphatic heterocycles. The molecule has 5 nitrogen and oxygen atoms in total. The zero-order valence-electron chi connectivity index (χ0n) is 9.98. The van der Waals surface area contributed by atoms with Crippen LogP contribution in [0.25, 0.3) is 5.69 Å². The summed E-state index contributed by atoms with van der Waals surface area (Å²) in [6.07, 6.45) is 0. The topological polar surface area (TPSA) is 70.1 Å². The third-order valence-corrected chi connectivity index (χ3v) is 2.55. The quantitative estimate of drug-likeness (QED) is 0.822. The van der Waals surface area contributed by atoms with Gasteiger partial charge in [0.25, 0.3) is 0 Å². The van der Waals surface area contributed by atoms with Crippen LogP contribution in [0.15, 0.2) is 24.3 Å². The number of hydrogen-bond donors (Lipinski definition) is 1. The normalized spacial score (nSPS) is 10.4. The Bertz CT molecular complexity index is 607. The summed E-state index contributed by atoms with van der Waals surface area (Å²) in [6.45, 7) is 1.63. The second-order valence-electron chi connectivity index (χ2n) is 3.67. The van der Waals surface area contributed by atoms with Gasteiger partial charge in [0, 0.05) is 0 Å². The van der Waals surface area contributed by atoms with Gasteiger partial charge in [-0.1, -0.05) is 12.1 Å². The van der Waals surface area contributed by atoms with Gasteiger partial charge in [-0.05, 0) is 19.1 Å². The number of aryl methyl sites for hydroxylation is 1. The molecule has 6 heteroatoms. The molecule has 0 aliphatic rings. The van der Waals surface area contributed by atoms with E-state index in [1.807, 2.05) is 0 Å². The molecule has 2 N–H and O–H groups in total. The minimum Gasteiger partial charge on any atom is -0.464 e. The molecule has 94 valence electrons. The Balaban J connectivity index is 2.63. The number of hydrogen-bond acceptors (Lipinski definition) is 4. The Morgan fingerprint density at radius 2 is 2.11 bits per heavy atom. The number of rotatable bonds is 2. The van der Waals surface area contributed by atoms with Crippen molar-refractivity contribution < 1.29 is 13.9 Å². The average Bonchev–Trinajstić information content (AvgIpc) is 2.65. The molecule has 0 saturated heterocycles. The summed E-state index contributed by atoms with van der Waals surface area (Å²) in [5.41, 5.74) is 6.04. The number of carbonyl (C=O) groups excluding carboxylic acids is 1. The largest absolute Gasteiger partial charge is 0.464 e. The highest BCUT2D eigenvalue weighted by molar-refractivity contribution is 5.92. The van der Waals surface area contributed by atoms with Crippen LogP contribution in [0, 0.1) is 12.7 Å². The van der Waals surface area contributed by atoms with Crippen LogP contribution in [0.3, 0.4) is 0 Å². The van der Waals surface area contributed by atoms with E-state index in [0.717, 1.165) is 0 Å². The molecule has 0 saturated carbocycles. The first-order valence-electron chi connectivity index (χ1n) is 5.24. The van der Waals surface area contributed by atoms with Gasteiger partial charge in [-0.3, -0.25) is 4.57 Å². The van der Waals surface area contributed by atoms with Gasteiger partial charge in [-0.15, -0.1) is 0 Å². The van der Waals surface area contributed by atoms with Crippen molar-refractivity contribution in [3.63, 3.8) is 0 Å². The van der Waals surface area contributed by atoms with Gasteiger partial charge in [0.15, 0.2) is 5.69 Å². The summed E-state index contributed by atoms with van der Waals surface area (Å²) in [5.74, 6) is -0.616. The van der Waals surface area contributed by atoms with Crippen molar-refractivity contribution in [2.24, 2.45) is 0 Å². The van der Waals surface area contributed by atoms with E-state index in [-0.39, 0.29) is 17.2 Å². The number of methoxy groups -OCH3 is 1. The number of para-hydroxylation sites is 1. The molecular weight excluding hydrogens is 237 g/mol. The minimum atomic E-state index is -0.648. The molecule has 18 heavy (non-hydrogen) atoms. The Morgan fingerprint density at radius 3 is 2.72 bits per heavy atom. The molecule has 0 amide bonds. The van der Waals surface area contributed by atoms with Crippen LogP contribution < -0.4 is 5.73 Å². The highest BCUT2D eigenvalue weighted by Crippen LogP contribution is 2.22. The Labute approximate surface area is 103 Å². The lowest BCUT2D eigenvalue weighted by Gasteiger charge is -2.08. The van der Waals surface area contributed by atoms with Crippen LogP contribution in [0.5, 0.6) is 0 Å². The lowest BCUT2D eigenvalue weighted by atomic mass is 10.3. The fourth-order valence-corrected chi connectivity index (χ4v) is 1.73. The van der Waals surface area contributed by atoms with Gasteiger partial charge in [-0.25, -0.2) is 14.2 Å². The lowest BCUT2D eigenvalue weighted by Crippen LogP contribution is -2.08. The number of ether oxygens (including phenoxy) is 1. The van der Waals surface area contributed by atoms with Crippen molar-refractivity contribution in [3.8, 4) is 5.69 Å². The van der Waals surface area contributed by atoms with E-state index in [0.29, 0.717) is 5.82 Å². The monoisotopic (exact) mass is 249 g/mol. The first-order chi connectivity index (χ1) is 8.56. The summed E-state index contributed by atoms with van der Waals surface area (Å²) in [4.78, 5) is 15.4. The molecular formula is C12H12FN3O2. The molecule has 1 aromatic carbocycles. The van der Waals surface area contributed by atoms with Crippen LogP contribution in [-0.2, 0) is 4.74 Å². The summed E-state index contributed by atoms with van der Waals surface area (Å²) >= 11 is 0. The Morgan fingerprint density at radius 1 is 1.44 bits per heavy atom.